The van der Waals surface area contributed by atoms with Gasteiger partial charge in [0.15, 0.2) is 0 Å². The summed E-state index contributed by atoms with van der Waals surface area (Å²) in [5, 5.41) is 3.07. The number of thiazole rings is 1. The first kappa shape index (κ1) is 17.7. The maximum atomic E-state index is 11.9. The van der Waals surface area contributed by atoms with Crippen molar-refractivity contribution in [3.8, 4) is 10.6 Å². The lowest BCUT2D eigenvalue weighted by Crippen LogP contribution is -2.37. The molecule has 0 bridgehead atoms. The van der Waals surface area contributed by atoms with Gasteiger partial charge < -0.3 is 0 Å². The Balaban J connectivity index is 1.67. The van der Waals surface area contributed by atoms with Crippen LogP contribution in [0.4, 0.5) is 0 Å². The minimum absolute atomic E-state index is 0.269. The number of thioether (sulfide) groups is 1. The zero-order valence-corrected chi connectivity index (χ0v) is 16.0. The summed E-state index contributed by atoms with van der Waals surface area (Å²) in [6.45, 7) is 2.07. The Morgan fingerprint density at radius 1 is 1.08 bits per heavy atom. The number of hydrogen-bond donors (Lipinski definition) is 0. The van der Waals surface area contributed by atoms with Gasteiger partial charge in [-0.1, -0.05) is 29.8 Å². The fraction of sp³-hybridized carbons (Fsp3) is 0.278. The highest BCUT2D eigenvalue weighted by molar-refractivity contribution is 7.97. The highest BCUT2D eigenvalue weighted by Crippen LogP contribution is 2.26. The van der Waals surface area contributed by atoms with Gasteiger partial charge in [0.25, 0.3) is 5.56 Å². The van der Waals surface area contributed by atoms with Gasteiger partial charge in [0.2, 0.25) is 0 Å². The average Bonchev–Trinajstić information content (AvgIpc) is 3.07. The van der Waals surface area contributed by atoms with Gasteiger partial charge in [-0.05, 0) is 6.92 Å². The van der Waals surface area contributed by atoms with Crippen LogP contribution in [0.2, 0.25) is 0 Å². The predicted molar refractivity (Wildman–Crippen MR) is 104 cm³/mol. The van der Waals surface area contributed by atoms with Gasteiger partial charge in [-0.25, -0.2) is 9.78 Å². The molecule has 2 aromatic heterocycles. The van der Waals surface area contributed by atoms with E-state index in [0.717, 1.165) is 32.3 Å². The van der Waals surface area contributed by atoms with E-state index in [2.05, 4.69) is 41.6 Å². The molecule has 0 spiro atoms. The van der Waals surface area contributed by atoms with Crippen molar-refractivity contribution in [2.24, 2.45) is 14.1 Å². The van der Waals surface area contributed by atoms with Crippen LogP contribution < -0.4 is 11.2 Å². The molecule has 0 unspecified atom stereocenters. The van der Waals surface area contributed by atoms with Crippen LogP contribution in [0.15, 0.2) is 45.3 Å². The first-order chi connectivity index (χ1) is 12.0. The van der Waals surface area contributed by atoms with E-state index in [0.29, 0.717) is 5.75 Å². The van der Waals surface area contributed by atoms with Crippen molar-refractivity contribution >= 4 is 23.1 Å². The number of aryl methyl sites for hydroxylation is 1. The van der Waals surface area contributed by atoms with Crippen LogP contribution >= 0.6 is 23.1 Å². The molecule has 0 N–H and O–H groups in total. The van der Waals surface area contributed by atoms with E-state index in [4.69, 9.17) is 0 Å². The summed E-state index contributed by atoms with van der Waals surface area (Å²) in [6, 6.07) is 9.86. The molecular weight excluding hydrogens is 354 g/mol. The first-order valence-electron chi connectivity index (χ1n) is 7.81. The van der Waals surface area contributed by atoms with Gasteiger partial charge >= 0.3 is 5.69 Å². The lowest BCUT2D eigenvalue weighted by molar-refractivity contribution is 0.665. The molecule has 5 nitrogen and oxygen atoms in total. The van der Waals surface area contributed by atoms with Gasteiger partial charge in [-0.15, -0.1) is 23.1 Å². The molecule has 7 heteroatoms. The summed E-state index contributed by atoms with van der Waals surface area (Å²) < 4.78 is 2.63. The van der Waals surface area contributed by atoms with Gasteiger partial charge in [0.1, 0.15) is 5.01 Å². The first-order valence-corrected chi connectivity index (χ1v) is 9.84. The van der Waals surface area contributed by atoms with E-state index in [-0.39, 0.29) is 11.2 Å². The molecule has 0 aliphatic heterocycles. The summed E-state index contributed by atoms with van der Waals surface area (Å²) in [5.74, 6) is 1.34. The number of benzene rings is 1. The fourth-order valence-corrected chi connectivity index (χ4v) is 4.26. The average molecular weight is 374 g/mol. The summed E-state index contributed by atoms with van der Waals surface area (Å²) in [5.41, 5.74) is 3.54. The third-order valence-electron chi connectivity index (χ3n) is 3.98. The minimum Gasteiger partial charge on any atom is -0.300 e. The molecule has 0 atom stereocenters. The van der Waals surface area contributed by atoms with Crippen LogP contribution in [0.3, 0.4) is 0 Å². The van der Waals surface area contributed by atoms with Crippen LogP contribution in [0.25, 0.3) is 10.6 Å². The second-order valence-corrected chi connectivity index (χ2v) is 7.72. The van der Waals surface area contributed by atoms with Crippen molar-refractivity contribution in [2.75, 3.05) is 0 Å². The molecule has 0 radical (unpaired) electrons. The summed E-state index contributed by atoms with van der Waals surface area (Å²) in [4.78, 5) is 28.4. The Labute approximate surface area is 154 Å². The standard InChI is InChI=1S/C18H19N3O2S2/c1-12-4-6-13(7-5-12)17-19-14(10-25-17)9-24-11-15-8-16(22)21(3)18(23)20(15)2/h4-8,10H,9,11H2,1-3H3. The highest BCUT2D eigenvalue weighted by Gasteiger charge is 2.08. The predicted octanol–water partition coefficient (Wildman–Crippen LogP) is 2.95. The smallest absolute Gasteiger partial charge is 0.300 e. The Hall–Kier alpha value is -2.12. The van der Waals surface area contributed by atoms with Crippen molar-refractivity contribution in [1.82, 2.24) is 14.1 Å². The maximum Gasteiger partial charge on any atom is 0.330 e. The third kappa shape index (κ3) is 3.93. The number of nitrogens with zero attached hydrogens (tertiary/aromatic N) is 3. The quantitative estimate of drug-likeness (QED) is 0.690. The van der Waals surface area contributed by atoms with E-state index in [1.165, 1.54) is 23.2 Å². The minimum atomic E-state index is -0.293. The maximum absolute atomic E-state index is 11.9. The molecule has 3 rings (SSSR count). The molecule has 0 aliphatic rings. The highest BCUT2D eigenvalue weighted by atomic mass is 32.2. The van der Waals surface area contributed by atoms with Crippen molar-refractivity contribution < 1.29 is 0 Å². The fourth-order valence-electron chi connectivity index (χ4n) is 2.38. The van der Waals surface area contributed by atoms with E-state index in [1.54, 1.807) is 30.1 Å². The van der Waals surface area contributed by atoms with Gasteiger partial charge in [0, 0.05) is 48.3 Å². The van der Waals surface area contributed by atoms with Crippen molar-refractivity contribution in [3.05, 3.63) is 73.5 Å². The molecule has 1 aromatic carbocycles. The van der Waals surface area contributed by atoms with Crippen molar-refractivity contribution in [2.45, 2.75) is 18.4 Å². The summed E-state index contributed by atoms with van der Waals surface area (Å²) in [6.07, 6.45) is 0. The van der Waals surface area contributed by atoms with Crippen LogP contribution in [-0.2, 0) is 25.6 Å². The number of rotatable bonds is 5. The Bertz CT molecular complexity index is 1000. The molecule has 3 aromatic rings. The van der Waals surface area contributed by atoms with Crippen molar-refractivity contribution in [1.29, 1.82) is 0 Å². The zero-order chi connectivity index (χ0) is 18.0. The molecule has 0 saturated carbocycles. The molecule has 0 amide bonds. The van der Waals surface area contributed by atoms with E-state index >= 15 is 0 Å². The van der Waals surface area contributed by atoms with Crippen LogP contribution in [0.5, 0.6) is 0 Å². The molecule has 130 valence electrons. The van der Waals surface area contributed by atoms with Gasteiger partial charge in [0.05, 0.1) is 5.69 Å². The lowest BCUT2D eigenvalue weighted by Gasteiger charge is -2.08. The Morgan fingerprint density at radius 2 is 1.80 bits per heavy atom. The number of hydrogen-bond acceptors (Lipinski definition) is 5. The second-order valence-electron chi connectivity index (χ2n) is 5.88. The topological polar surface area (TPSA) is 56.9 Å². The summed E-state index contributed by atoms with van der Waals surface area (Å²) in [7, 11) is 3.18. The molecule has 0 aliphatic carbocycles. The monoisotopic (exact) mass is 373 g/mol. The summed E-state index contributed by atoms with van der Waals surface area (Å²) >= 11 is 3.28. The van der Waals surface area contributed by atoms with Crippen LogP contribution in [-0.4, -0.2) is 14.1 Å². The third-order valence-corrected chi connectivity index (χ3v) is 5.92. The second kappa shape index (κ2) is 7.41. The zero-order valence-electron chi connectivity index (χ0n) is 14.4. The molecule has 0 fully saturated rings. The van der Waals surface area contributed by atoms with Gasteiger partial charge in [-0.2, -0.15) is 0 Å². The van der Waals surface area contributed by atoms with Crippen LogP contribution in [0.1, 0.15) is 17.0 Å². The largest absolute Gasteiger partial charge is 0.330 e. The van der Waals surface area contributed by atoms with E-state index in [1.807, 2.05) is 0 Å². The van der Waals surface area contributed by atoms with E-state index in [9.17, 15) is 9.59 Å². The molecular formula is C18H19N3O2S2. The van der Waals surface area contributed by atoms with E-state index < -0.39 is 0 Å². The van der Waals surface area contributed by atoms with Crippen molar-refractivity contribution in [3.63, 3.8) is 0 Å². The lowest BCUT2D eigenvalue weighted by atomic mass is 10.2. The van der Waals surface area contributed by atoms with Crippen LogP contribution in [0, 0.1) is 6.92 Å². The number of aromatic nitrogens is 3. The normalized spacial score (nSPS) is 11.0. The molecule has 0 saturated heterocycles. The Kier molecular flexibility index (Phi) is 5.24. The molecule has 25 heavy (non-hydrogen) atoms. The van der Waals surface area contributed by atoms with Gasteiger partial charge in [-0.3, -0.25) is 13.9 Å². The Morgan fingerprint density at radius 3 is 2.52 bits per heavy atom. The molecule has 2 heterocycles. The SMILES string of the molecule is Cc1ccc(-c2nc(CSCc3cc(=O)n(C)c(=O)n3C)cs2)cc1.